The topological polar surface area (TPSA) is 0 Å². The van der Waals surface area contributed by atoms with Crippen LogP contribution in [0, 0.1) is 0 Å². The van der Waals surface area contributed by atoms with Gasteiger partial charge in [0.2, 0.25) is 0 Å². The van der Waals surface area contributed by atoms with Gasteiger partial charge in [0, 0.05) is 5.41 Å². The Morgan fingerprint density at radius 3 is 0.821 bits per heavy atom. The molecule has 0 aliphatic rings. The fourth-order valence-corrected chi connectivity index (χ4v) is 6.39. The molecule has 0 saturated carbocycles. The van der Waals surface area contributed by atoms with E-state index in [2.05, 4.69) is 163 Å². The summed E-state index contributed by atoms with van der Waals surface area (Å²) in [5, 5.41) is 0. The first-order chi connectivity index (χ1) is 16.9. The molecule has 0 heteroatoms. The van der Waals surface area contributed by atoms with Crippen molar-refractivity contribution in [1.29, 1.82) is 0 Å². The van der Waals surface area contributed by atoms with Crippen LogP contribution in [0.25, 0.3) is 0 Å². The van der Waals surface area contributed by atoms with Crippen LogP contribution in [0.5, 0.6) is 0 Å². The van der Waals surface area contributed by atoms with Crippen molar-refractivity contribution in [3.05, 3.63) is 68.8 Å². The molecule has 39 heavy (non-hydrogen) atoms. The zero-order chi connectivity index (χ0) is 30.9. The average Bonchev–Trinajstić information content (AvgIpc) is 2.67. The van der Waals surface area contributed by atoms with Crippen molar-refractivity contribution in [1.82, 2.24) is 0 Å². The zero-order valence-corrected chi connectivity index (χ0v) is 29.8. The molecular weight excluding hydrogens is 468 g/mol. The molecule has 0 spiro atoms. The van der Waals surface area contributed by atoms with Gasteiger partial charge in [0.1, 0.15) is 0 Å². The smallest absolute Gasteiger partial charge is 0.0155 e. The molecule has 0 bridgehead atoms. The number of hydrogen-bond acceptors (Lipinski definition) is 0. The second kappa shape index (κ2) is 9.77. The summed E-state index contributed by atoms with van der Waals surface area (Å²) in [7, 11) is 0. The number of rotatable bonds is 2. The maximum absolute atomic E-state index is 2.61. The third-order valence-electron chi connectivity index (χ3n) is 8.45. The van der Waals surface area contributed by atoms with Gasteiger partial charge in [0.15, 0.2) is 0 Å². The van der Waals surface area contributed by atoms with E-state index in [1.54, 1.807) is 0 Å². The molecule has 0 fully saturated rings. The molecule has 0 saturated heterocycles. The Kier molecular flexibility index (Phi) is 8.43. The summed E-state index contributed by atoms with van der Waals surface area (Å²) in [6, 6.07) is 10.1. The highest BCUT2D eigenvalue weighted by atomic mass is 14.5. The van der Waals surface area contributed by atoms with E-state index in [1.165, 1.54) is 44.5 Å². The highest BCUT2D eigenvalue weighted by Crippen LogP contribution is 2.50. The van der Waals surface area contributed by atoms with E-state index >= 15 is 0 Å². The normalized spacial score (nSPS) is 14.7. The second-order valence-corrected chi connectivity index (χ2v) is 19.0. The molecule has 0 aliphatic heterocycles. The van der Waals surface area contributed by atoms with Crippen molar-refractivity contribution in [2.45, 2.75) is 176 Å². The minimum atomic E-state index is -0.189. The van der Waals surface area contributed by atoms with E-state index in [9.17, 15) is 0 Å². The van der Waals surface area contributed by atoms with Crippen LogP contribution in [0.4, 0.5) is 0 Å². The summed E-state index contributed by atoms with van der Waals surface area (Å²) in [4.78, 5) is 0. The maximum atomic E-state index is 2.61. The third kappa shape index (κ3) is 6.85. The van der Waals surface area contributed by atoms with Crippen molar-refractivity contribution in [2.24, 2.45) is 0 Å². The molecule has 0 N–H and O–H groups in total. The van der Waals surface area contributed by atoms with Gasteiger partial charge in [-0.05, 0) is 77.0 Å². The van der Waals surface area contributed by atoms with Crippen molar-refractivity contribution in [3.8, 4) is 0 Å². The van der Waals surface area contributed by atoms with Gasteiger partial charge in [0.25, 0.3) is 0 Å². The van der Waals surface area contributed by atoms with Gasteiger partial charge in [-0.3, -0.25) is 0 Å². The summed E-state index contributed by atoms with van der Waals surface area (Å²) in [5.74, 6) is 0. The Morgan fingerprint density at radius 2 is 0.538 bits per heavy atom. The van der Waals surface area contributed by atoms with Crippen LogP contribution in [0.15, 0.2) is 24.3 Å². The van der Waals surface area contributed by atoms with Crippen LogP contribution < -0.4 is 0 Å². The third-order valence-corrected chi connectivity index (χ3v) is 8.45. The molecule has 2 aromatic rings. The summed E-state index contributed by atoms with van der Waals surface area (Å²) in [5.41, 5.74) is 12.0. The number of hydrogen-bond donors (Lipinski definition) is 0. The Morgan fingerprint density at radius 1 is 0.282 bits per heavy atom. The van der Waals surface area contributed by atoms with E-state index in [0.717, 1.165) is 0 Å². The van der Waals surface area contributed by atoms with E-state index in [4.69, 9.17) is 0 Å². The standard InChI is InChI=1S/C39H64/c1-33(2,3)25-21-22-26(34(4,5)6)32(31(25)38(16,17)18)39(19,20)30-24-28(36(10,11)12)27(35(7,8)9)23-29(30)37(13,14)15/h21-24H,1-20H3. The summed E-state index contributed by atoms with van der Waals surface area (Å²) < 4.78 is 0. The van der Waals surface area contributed by atoms with Crippen LogP contribution in [0.3, 0.4) is 0 Å². The Hall–Kier alpha value is -1.56. The van der Waals surface area contributed by atoms with E-state index in [1.807, 2.05) is 0 Å². The monoisotopic (exact) mass is 533 g/mol. The minimum Gasteiger partial charge on any atom is -0.0579 e. The lowest BCUT2D eigenvalue weighted by Gasteiger charge is -2.44. The largest absolute Gasteiger partial charge is 0.0579 e. The summed E-state index contributed by atoms with van der Waals surface area (Å²) in [6.45, 7) is 48.0. The SMILES string of the molecule is CC(C)(C)c1cc(C(C)(C)C)c(C(C)(C)c2c(C(C)(C)C)ccc(C(C)(C)C)c2C(C)(C)C)cc1C(C)(C)C. The fourth-order valence-electron chi connectivity index (χ4n) is 6.39. The lowest BCUT2D eigenvalue weighted by Crippen LogP contribution is -2.36. The Balaban J connectivity index is 3.33. The molecule has 0 aromatic heterocycles. The fraction of sp³-hybridized carbons (Fsp3) is 0.692. The predicted molar refractivity (Wildman–Crippen MR) is 177 cm³/mol. The predicted octanol–water partition coefficient (Wildman–Crippen LogP) is 11.8. The summed E-state index contributed by atoms with van der Waals surface area (Å²) in [6.07, 6.45) is 0. The lowest BCUT2D eigenvalue weighted by molar-refractivity contribution is 0.477. The Bertz CT molecular complexity index is 1190. The van der Waals surface area contributed by atoms with Gasteiger partial charge < -0.3 is 0 Å². The highest BCUT2D eigenvalue weighted by molar-refractivity contribution is 5.60. The van der Waals surface area contributed by atoms with Gasteiger partial charge in [-0.2, -0.15) is 0 Å². The van der Waals surface area contributed by atoms with Crippen molar-refractivity contribution < 1.29 is 0 Å². The van der Waals surface area contributed by atoms with Crippen molar-refractivity contribution in [3.63, 3.8) is 0 Å². The van der Waals surface area contributed by atoms with Crippen LogP contribution in [-0.2, 0) is 37.9 Å². The first-order valence-corrected chi connectivity index (χ1v) is 15.3. The van der Waals surface area contributed by atoms with Gasteiger partial charge >= 0.3 is 0 Å². The lowest BCUT2D eigenvalue weighted by atomic mass is 9.60. The molecule has 2 rings (SSSR count). The van der Waals surface area contributed by atoms with Crippen molar-refractivity contribution >= 4 is 0 Å². The molecule has 2 aromatic carbocycles. The second-order valence-electron chi connectivity index (χ2n) is 19.0. The highest BCUT2D eigenvalue weighted by Gasteiger charge is 2.41. The first-order valence-electron chi connectivity index (χ1n) is 15.3. The molecule has 220 valence electrons. The Labute approximate surface area is 244 Å². The molecular formula is C39H64. The van der Waals surface area contributed by atoms with Crippen LogP contribution in [-0.4, -0.2) is 0 Å². The quantitative estimate of drug-likeness (QED) is 0.361. The number of benzene rings is 2. The van der Waals surface area contributed by atoms with E-state index in [-0.39, 0.29) is 37.9 Å². The van der Waals surface area contributed by atoms with Crippen LogP contribution >= 0.6 is 0 Å². The van der Waals surface area contributed by atoms with E-state index < -0.39 is 0 Å². The first kappa shape index (κ1) is 33.6. The van der Waals surface area contributed by atoms with Gasteiger partial charge in [-0.15, -0.1) is 0 Å². The van der Waals surface area contributed by atoms with Gasteiger partial charge in [-0.1, -0.05) is 163 Å². The van der Waals surface area contributed by atoms with Crippen LogP contribution in [0.2, 0.25) is 0 Å². The van der Waals surface area contributed by atoms with Gasteiger partial charge in [-0.25, -0.2) is 0 Å². The van der Waals surface area contributed by atoms with Gasteiger partial charge in [0.05, 0.1) is 0 Å². The molecule has 0 aliphatic carbocycles. The molecule has 0 heterocycles. The summed E-state index contributed by atoms with van der Waals surface area (Å²) >= 11 is 0. The van der Waals surface area contributed by atoms with Crippen molar-refractivity contribution in [2.75, 3.05) is 0 Å². The maximum Gasteiger partial charge on any atom is 0.0155 e. The molecule has 0 amide bonds. The minimum absolute atomic E-state index is 0.0105. The average molecular weight is 533 g/mol. The zero-order valence-electron chi connectivity index (χ0n) is 29.8. The molecule has 0 radical (unpaired) electrons. The molecule has 0 nitrogen and oxygen atoms in total. The van der Waals surface area contributed by atoms with Crippen LogP contribution in [0.1, 0.15) is 183 Å². The molecule has 0 atom stereocenters. The van der Waals surface area contributed by atoms with E-state index in [0.29, 0.717) is 0 Å². The molecule has 0 unspecified atom stereocenters.